The SMILES string of the molecule is COc1cc2c(Oc3ccc(N(C(=O)C4(C(N)=O)[C@H](C)[C@H]4C)c4ccc(F)cc4)cc3F)ncnc2cc1OCCCN1CCOCC1. The largest absolute Gasteiger partial charge is 0.493 e. The van der Waals surface area contributed by atoms with Gasteiger partial charge in [-0.25, -0.2) is 18.7 Å². The van der Waals surface area contributed by atoms with Gasteiger partial charge in [0.1, 0.15) is 17.6 Å². The van der Waals surface area contributed by atoms with Gasteiger partial charge in [0.05, 0.1) is 43.5 Å². The highest BCUT2D eigenvalue weighted by Crippen LogP contribution is 2.60. The van der Waals surface area contributed by atoms with Crippen LogP contribution in [0.5, 0.6) is 23.1 Å². The number of carbonyl (C=O) groups is 2. The van der Waals surface area contributed by atoms with Gasteiger partial charge in [0.25, 0.3) is 0 Å². The van der Waals surface area contributed by atoms with E-state index in [9.17, 15) is 14.0 Å². The summed E-state index contributed by atoms with van der Waals surface area (Å²) in [7, 11) is 1.52. The van der Waals surface area contributed by atoms with Gasteiger partial charge in [-0.3, -0.25) is 19.4 Å². The van der Waals surface area contributed by atoms with E-state index in [4.69, 9.17) is 24.7 Å². The molecule has 2 aliphatic rings. The van der Waals surface area contributed by atoms with Crippen LogP contribution in [-0.2, 0) is 14.3 Å². The van der Waals surface area contributed by atoms with Crippen molar-refractivity contribution < 1.29 is 37.3 Å². The quantitative estimate of drug-likeness (QED) is 0.160. The minimum atomic E-state index is -1.48. The number of hydrogen-bond donors (Lipinski definition) is 1. The van der Waals surface area contributed by atoms with Crippen LogP contribution in [0.15, 0.2) is 60.9 Å². The molecule has 48 heavy (non-hydrogen) atoms. The molecule has 2 atom stereocenters. The molecule has 252 valence electrons. The Morgan fingerprint density at radius 3 is 2.33 bits per heavy atom. The van der Waals surface area contributed by atoms with Crippen LogP contribution in [0.3, 0.4) is 0 Å². The Bertz CT molecular complexity index is 1810. The molecule has 1 aromatic heterocycles. The fourth-order valence-corrected chi connectivity index (χ4v) is 6.38. The first-order chi connectivity index (χ1) is 23.1. The summed E-state index contributed by atoms with van der Waals surface area (Å²) in [6.45, 7) is 8.17. The molecule has 2 fully saturated rings. The zero-order chi connectivity index (χ0) is 34.0. The normalized spacial score (nSPS) is 20.7. The number of nitrogens with zero attached hydrogens (tertiary/aromatic N) is 4. The number of amides is 2. The summed E-state index contributed by atoms with van der Waals surface area (Å²) >= 11 is 0. The number of morpholine rings is 1. The lowest BCUT2D eigenvalue weighted by Crippen LogP contribution is -2.43. The summed E-state index contributed by atoms with van der Waals surface area (Å²) < 4.78 is 52.5. The number of nitrogens with two attached hydrogens (primary N) is 1. The Kier molecular flexibility index (Phi) is 9.42. The highest BCUT2D eigenvalue weighted by Gasteiger charge is 2.70. The lowest BCUT2D eigenvalue weighted by Gasteiger charge is -2.27. The molecule has 2 N–H and O–H groups in total. The molecule has 0 spiro atoms. The zero-order valence-corrected chi connectivity index (χ0v) is 26.9. The number of benzene rings is 3. The highest BCUT2D eigenvalue weighted by molar-refractivity contribution is 6.17. The predicted molar refractivity (Wildman–Crippen MR) is 173 cm³/mol. The fourth-order valence-electron chi connectivity index (χ4n) is 6.38. The third-order valence-electron chi connectivity index (χ3n) is 9.37. The second kappa shape index (κ2) is 13.7. The Morgan fingerprint density at radius 1 is 0.979 bits per heavy atom. The van der Waals surface area contributed by atoms with Gasteiger partial charge in [0.15, 0.2) is 23.1 Å². The second-order valence-electron chi connectivity index (χ2n) is 12.0. The molecule has 3 aromatic carbocycles. The van der Waals surface area contributed by atoms with Crippen molar-refractivity contribution in [3.05, 3.63) is 72.6 Å². The number of hydrogen-bond acceptors (Lipinski definition) is 9. The molecule has 1 saturated heterocycles. The average molecular weight is 662 g/mol. The number of fused-ring (bicyclic) bond motifs is 1. The Balaban J connectivity index is 1.25. The Labute approximate surface area is 276 Å². The molecule has 11 nitrogen and oxygen atoms in total. The van der Waals surface area contributed by atoms with Crippen molar-refractivity contribution in [1.82, 2.24) is 14.9 Å². The fraction of sp³-hybridized carbons (Fsp3) is 0.371. The van der Waals surface area contributed by atoms with Crippen LogP contribution in [0, 0.1) is 28.9 Å². The Hall–Kier alpha value is -4.88. The van der Waals surface area contributed by atoms with Gasteiger partial charge in [-0.1, -0.05) is 13.8 Å². The van der Waals surface area contributed by atoms with Crippen LogP contribution >= 0.6 is 0 Å². The zero-order valence-electron chi connectivity index (χ0n) is 26.9. The molecule has 0 bridgehead atoms. The van der Waals surface area contributed by atoms with Crippen molar-refractivity contribution >= 4 is 34.1 Å². The molecule has 2 heterocycles. The summed E-state index contributed by atoms with van der Waals surface area (Å²) in [5, 5.41) is 0.460. The molecule has 1 aliphatic heterocycles. The van der Waals surface area contributed by atoms with Gasteiger partial charge in [-0.15, -0.1) is 0 Å². The summed E-state index contributed by atoms with van der Waals surface area (Å²) in [5.74, 6) is -2.55. The van der Waals surface area contributed by atoms with Crippen LogP contribution in [0.2, 0.25) is 0 Å². The van der Waals surface area contributed by atoms with Crippen molar-refractivity contribution in [2.75, 3.05) is 51.5 Å². The average Bonchev–Trinajstić information content (AvgIpc) is 3.65. The molecule has 0 unspecified atom stereocenters. The van der Waals surface area contributed by atoms with E-state index < -0.39 is 28.9 Å². The van der Waals surface area contributed by atoms with Crippen molar-refractivity contribution in [3.8, 4) is 23.1 Å². The van der Waals surface area contributed by atoms with Gasteiger partial charge >= 0.3 is 0 Å². The molecular formula is C35H37F2N5O6. The summed E-state index contributed by atoms with van der Waals surface area (Å²) in [5.41, 5.74) is 5.10. The van der Waals surface area contributed by atoms with Gasteiger partial charge in [0, 0.05) is 37.5 Å². The third-order valence-corrected chi connectivity index (χ3v) is 9.37. The van der Waals surface area contributed by atoms with E-state index in [1.807, 2.05) is 0 Å². The van der Waals surface area contributed by atoms with Crippen LogP contribution in [0.25, 0.3) is 10.9 Å². The predicted octanol–water partition coefficient (Wildman–Crippen LogP) is 5.23. The molecular weight excluding hydrogens is 624 g/mol. The van der Waals surface area contributed by atoms with Crippen molar-refractivity contribution in [2.45, 2.75) is 20.3 Å². The van der Waals surface area contributed by atoms with Crippen molar-refractivity contribution in [3.63, 3.8) is 0 Å². The maximum Gasteiger partial charge on any atom is 0.247 e. The molecule has 1 aliphatic carbocycles. The minimum absolute atomic E-state index is 0.0728. The minimum Gasteiger partial charge on any atom is -0.493 e. The van der Waals surface area contributed by atoms with E-state index in [-0.39, 0.29) is 34.8 Å². The summed E-state index contributed by atoms with van der Waals surface area (Å²) in [6.07, 6.45) is 2.12. The van der Waals surface area contributed by atoms with E-state index >= 15 is 4.39 Å². The van der Waals surface area contributed by atoms with E-state index in [0.29, 0.717) is 29.0 Å². The molecule has 6 rings (SSSR count). The molecule has 2 amide bonds. The number of halogens is 2. The van der Waals surface area contributed by atoms with Crippen molar-refractivity contribution in [2.24, 2.45) is 23.0 Å². The second-order valence-corrected chi connectivity index (χ2v) is 12.0. The Morgan fingerprint density at radius 2 is 1.69 bits per heavy atom. The first kappa shape index (κ1) is 33.0. The lowest BCUT2D eigenvalue weighted by molar-refractivity contribution is -0.134. The smallest absolute Gasteiger partial charge is 0.247 e. The number of primary amides is 1. The van der Waals surface area contributed by atoms with Crippen LogP contribution < -0.4 is 24.8 Å². The summed E-state index contributed by atoms with van der Waals surface area (Å²) in [4.78, 5) is 38.7. The maximum atomic E-state index is 15.8. The van der Waals surface area contributed by atoms with Gasteiger partial charge in [-0.2, -0.15) is 0 Å². The summed E-state index contributed by atoms with van der Waals surface area (Å²) in [6, 6.07) is 12.4. The number of anilines is 2. The molecule has 1 saturated carbocycles. The van der Waals surface area contributed by atoms with E-state index in [2.05, 4.69) is 14.9 Å². The first-order valence-corrected chi connectivity index (χ1v) is 15.8. The number of ether oxygens (including phenoxy) is 4. The topological polar surface area (TPSA) is 129 Å². The van der Waals surface area contributed by atoms with Gasteiger partial charge in [-0.05, 0) is 60.7 Å². The standard InChI is InChI=1S/C35H37F2N5O6/c1-21-22(2)35(21,33(38)43)34(44)42(24-7-5-23(36)6-8-24)25-9-10-29(27(37)17-25)48-32-26-18-30(45-3)31(19-28(26)39-20-40-32)47-14-4-11-41-12-15-46-16-13-41/h5-10,17-22H,4,11-16H2,1-3H3,(H2,38,43)/t21-,22-/m1/s1. The van der Waals surface area contributed by atoms with E-state index in [0.717, 1.165) is 45.3 Å². The number of aromatic nitrogens is 2. The van der Waals surface area contributed by atoms with Crippen LogP contribution in [0.1, 0.15) is 20.3 Å². The van der Waals surface area contributed by atoms with Crippen molar-refractivity contribution in [1.29, 1.82) is 0 Å². The molecule has 13 heteroatoms. The number of carbonyl (C=O) groups excluding carboxylic acids is 2. The molecule has 0 radical (unpaired) electrons. The first-order valence-electron chi connectivity index (χ1n) is 15.8. The molecule has 4 aromatic rings. The third kappa shape index (κ3) is 6.22. The van der Waals surface area contributed by atoms with E-state index in [1.54, 1.807) is 26.0 Å². The maximum absolute atomic E-state index is 15.8. The van der Waals surface area contributed by atoms with Crippen LogP contribution in [-0.4, -0.2) is 73.2 Å². The monoisotopic (exact) mass is 661 g/mol. The van der Waals surface area contributed by atoms with Gasteiger partial charge < -0.3 is 24.7 Å². The highest BCUT2D eigenvalue weighted by atomic mass is 19.1. The van der Waals surface area contributed by atoms with E-state index in [1.165, 1.54) is 54.7 Å². The number of rotatable bonds is 12. The lowest BCUT2D eigenvalue weighted by atomic mass is 9.98. The van der Waals surface area contributed by atoms with Gasteiger partial charge in [0.2, 0.25) is 17.7 Å². The number of methoxy groups -OCH3 is 1. The van der Waals surface area contributed by atoms with Crippen LogP contribution in [0.4, 0.5) is 20.2 Å².